The fourth-order valence-corrected chi connectivity index (χ4v) is 3.25. The summed E-state index contributed by atoms with van der Waals surface area (Å²) in [7, 11) is 0. The molecule has 0 aromatic heterocycles. The lowest BCUT2D eigenvalue weighted by atomic mass is 9.87. The van der Waals surface area contributed by atoms with Crippen molar-refractivity contribution in [3.63, 3.8) is 0 Å². The Hall–Kier alpha value is -1.55. The molecule has 0 saturated heterocycles. The molecule has 1 amide bonds. The first-order valence-electron chi connectivity index (χ1n) is 7.94. The van der Waals surface area contributed by atoms with E-state index in [0.29, 0.717) is 6.04 Å². The number of hydrogen-bond donors (Lipinski definition) is 2. The van der Waals surface area contributed by atoms with E-state index < -0.39 is 0 Å². The van der Waals surface area contributed by atoms with Crippen LogP contribution in [0.25, 0.3) is 0 Å². The fourth-order valence-electron chi connectivity index (χ4n) is 3.25. The van der Waals surface area contributed by atoms with Gasteiger partial charge in [0.05, 0.1) is 5.69 Å². The van der Waals surface area contributed by atoms with Crippen molar-refractivity contribution >= 4 is 11.6 Å². The molecule has 1 fully saturated rings. The summed E-state index contributed by atoms with van der Waals surface area (Å²) >= 11 is 0. The normalized spacial score (nSPS) is 26.5. The molecule has 1 heterocycles. The van der Waals surface area contributed by atoms with Gasteiger partial charge in [-0.2, -0.15) is 0 Å². The Morgan fingerprint density at radius 1 is 1.29 bits per heavy atom. The predicted octanol–water partition coefficient (Wildman–Crippen LogP) is 3.25. The van der Waals surface area contributed by atoms with E-state index in [9.17, 15) is 4.79 Å². The van der Waals surface area contributed by atoms with Crippen molar-refractivity contribution in [1.82, 2.24) is 5.32 Å². The maximum absolute atomic E-state index is 11.4. The van der Waals surface area contributed by atoms with Crippen LogP contribution in [0.2, 0.25) is 0 Å². The molecule has 0 bridgehead atoms. The number of carbonyl (C=O) groups excluding carboxylic acids is 1. The zero-order valence-electron chi connectivity index (χ0n) is 12.8. The number of ether oxygens (including phenoxy) is 1. The van der Waals surface area contributed by atoms with Crippen LogP contribution in [0, 0.1) is 5.92 Å². The van der Waals surface area contributed by atoms with E-state index in [2.05, 4.69) is 30.5 Å². The second kappa shape index (κ2) is 6.06. The summed E-state index contributed by atoms with van der Waals surface area (Å²) in [6.07, 6.45) is 5.16. The highest BCUT2D eigenvalue weighted by Crippen LogP contribution is 2.31. The third-order valence-corrected chi connectivity index (χ3v) is 4.64. The minimum atomic E-state index is -0.0819. The molecule has 2 aliphatic rings. The molecule has 1 atom stereocenters. The van der Waals surface area contributed by atoms with Crippen LogP contribution in [0.5, 0.6) is 5.75 Å². The highest BCUT2D eigenvalue weighted by Gasteiger charge is 2.21. The number of fused-ring (bicyclic) bond motifs is 1. The van der Waals surface area contributed by atoms with Crippen LogP contribution in [-0.2, 0) is 4.79 Å². The molecule has 4 heteroatoms. The van der Waals surface area contributed by atoms with Gasteiger partial charge in [0.25, 0.3) is 5.91 Å². The van der Waals surface area contributed by atoms with Gasteiger partial charge in [0.1, 0.15) is 5.75 Å². The second-order valence-electron chi connectivity index (χ2n) is 6.44. The molecule has 114 valence electrons. The lowest BCUT2D eigenvalue weighted by Gasteiger charge is -2.30. The van der Waals surface area contributed by atoms with Crippen LogP contribution in [0.15, 0.2) is 18.2 Å². The van der Waals surface area contributed by atoms with Gasteiger partial charge < -0.3 is 15.4 Å². The molecule has 0 spiro atoms. The monoisotopic (exact) mass is 288 g/mol. The first-order valence-corrected chi connectivity index (χ1v) is 7.94. The van der Waals surface area contributed by atoms with Crippen LogP contribution >= 0.6 is 0 Å². The molecule has 0 radical (unpaired) electrons. The number of carbonyl (C=O) groups is 1. The molecule has 2 N–H and O–H groups in total. The highest BCUT2D eigenvalue weighted by atomic mass is 16.5. The third-order valence-electron chi connectivity index (χ3n) is 4.64. The van der Waals surface area contributed by atoms with Crippen LogP contribution in [0.1, 0.15) is 51.1 Å². The predicted molar refractivity (Wildman–Crippen MR) is 83.5 cm³/mol. The van der Waals surface area contributed by atoms with Crippen molar-refractivity contribution in [2.45, 2.75) is 51.6 Å². The number of nitrogens with one attached hydrogen (secondary N) is 2. The Balaban J connectivity index is 1.66. The van der Waals surface area contributed by atoms with E-state index in [0.717, 1.165) is 17.4 Å². The van der Waals surface area contributed by atoms with E-state index in [1.807, 2.05) is 12.1 Å². The maximum atomic E-state index is 11.4. The topological polar surface area (TPSA) is 50.4 Å². The van der Waals surface area contributed by atoms with Crippen LogP contribution in [-0.4, -0.2) is 18.6 Å². The van der Waals surface area contributed by atoms with Crippen molar-refractivity contribution < 1.29 is 9.53 Å². The Bertz CT molecular complexity index is 522. The Labute approximate surface area is 126 Å². The van der Waals surface area contributed by atoms with Crippen molar-refractivity contribution in [3.05, 3.63) is 23.8 Å². The Morgan fingerprint density at radius 2 is 2.05 bits per heavy atom. The zero-order valence-corrected chi connectivity index (χ0v) is 12.8. The standard InChI is InChI=1S/C17H24N2O2/c1-11-3-6-14(7-4-11)18-12(2)13-5-8-16-15(9-13)19-17(20)10-21-16/h5,8-9,11-12,14,18H,3-4,6-7,10H2,1-2H3,(H,19,20). The lowest BCUT2D eigenvalue weighted by Crippen LogP contribution is -2.34. The smallest absolute Gasteiger partial charge is 0.262 e. The molecule has 1 aliphatic heterocycles. The number of amides is 1. The molecule has 1 saturated carbocycles. The summed E-state index contributed by atoms with van der Waals surface area (Å²) < 4.78 is 5.40. The molecule has 4 nitrogen and oxygen atoms in total. The van der Waals surface area contributed by atoms with Crippen LogP contribution < -0.4 is 15.4 Å². The van der Waals surface area contributed by atoms with Crippen molar-refractivity contribution in [1.29, 1.82) is 0 Å². The molecular weight excluding hydrogens is 264 g/mol. The summed E-state index contributed by atoms with van der Waals surface area (Å²) in [5.41, 5.74) is 1.98. The summed E-state index contributed by atoms with van der Waals surface area (Å²) in [5.74, 6) is 1.55. The Kier molecular flexibility index (Phi) is 4.15. The third kappa shape index (κ3) is 3.38. The highest BCUT2D eigenvalue weighted by molar-refractivity contribution is 5.95. The summed E-state index contributed by atoms with van der Waals surface area (Å²) in [5, 5.41) is 6.59. The van der Waals surface area contributed by atoms with Gasteiger partial charge in [-0.3, -0.25) is 4.79 Å². The average Bonchev–Trinajstić information content (AvgIpc) is 2.48. The van der Waals surface area contributed by atoms with E-state index in [-0.39, 0.29) is 18.6 Å². The Morgan fingerprint density at radius 3 is 2.81 bits per heavy atom. The first-order chi connectivity index (χ1) is 10.1. The van der Waals surface area contributed by atoms with Crippen molar-refractivity contribution in [2.75, 3.05) is 11.9 Å². The minimum Gasteiger partial charge on any atom is -0.482 e. The maximum Gasteiger partial charge on any atom is 0.262 e. The molecule has 1 aromatic rings. The quantitative estimate of drug-likeness (QED) is 0.897. The number of rotatable bonds is 3. The molecule has 3 rings (SSSR count). The van der Waals surface area contributed by atoms with Gasteiger partial charge in [-0.1, -0.05) is 13.0 Å². The molecular formula is C17H24N2O2. The number of hydrogen-bond acceptors (Lipinski definition) is 3. The summed E-state index contributed by atoms with van der Waals surface area (Å²) in [6.45, 7) is 4.64. The first kappa shape index (κ1) is 14.4. The summed E-state index contributed by atoms with van der Waals surface area (Å²) in [4.78, 5) is 11.4. The van der Waals surface area contributed by atoms with Gasteiger partial charge in [0.2, 0.25) is 0 Å². The fraction of sp³-hybridized carbons (Fsp3) is 0.588. The van der Waals surface area contributed by atoms with Crippen LogP contribution in [0.4, 0.5) is 5.69 Å². The zero-order chi connectivity index (χ0) is 14.8. The molecule has 1 aromatic carbocycles. The van der Waals surface area contributed by atoms with Gasteiger partial charge in [-0.05, 0) is 56.2 Å². The van der Waals surface area contributed by atoms with Crippen molar-refractivity contribution in [3.8, 4) is 5.75 Å². The molecule has 1 aliphatic carbocycles. The van der Waals surface area contributed by atoms with Gasteiger partial charge in [-0.25, -0.2) is 0 Å². The van der Waals surface area contributed by atoms with Crippen molar-refractivity contribution in [2.24, 2.45) is 5.92 Å². The number of anilines is 1. The van der Waals surface area contributed by atoms with E-state index in [1.165, 1.54) is 31.2 Å². The van der Waals surface area contributed by atoms with Gasteiger partial charge in [0, 0.05) is 12.1 Å². The van der Waals surface area contributed by atoms with E-state index >= 15 is 0 Å². The minimum absolute atomic E-state index is 0.0819. The lowest BCUT2D eigenvalue weighted by molar-refractivity contribution is -0.118. The van der Waals surface area contributed by atoms with Crippen LogP contribution in [0.3, 0.4) is 0 Å². The van der Waals surface area contributed by atoms with Gasteiger partial charge in [0.15, 0.2) is 6.61 Å². The molecule has 1 unspecified atom stereocenters. The van der Waals surface area contributed by atoms with E-state index in [1.54, 1.807) is 0 Å². The SMILES string of the molecule is CC1CCC(NC(C)c2ccc3c(c2)NC(=O)CO3)CC1. The van der Waals surface area contributed by atoms with E-state index in [4.69, 9.17) is 4.74 Å². The molecule has 21 heavy (non-hydrogen) atoms. The second-order valence-corrected chi connectivity index (χ2v) is 6.44. The van der Waals surface area contributed by atoms with Gasteiger partial charge in [-0.15, -0.1) is 0 Å². The summed E-state index contributed by atoms with van der Waals surface area (Å²) in [6, 6.07) is 6.95. The van der Waals surface area contributed by atoms with Gasteiger partial charge >= 0.3 is 0 Å². The largest absolute Gasteiger partial charge is 0.482 e. The average molecular weight is 288 g/mol. The number of benzene rings is 1.